The quantitative estimate of drug-likeness (QED) is 0.598. The van der Waals surface area contributed by atoms with E-state index in [2.05, 4.69) is 52.5 Å². The van der Waals surface area contributed by atoms with E-state index >= 15 is 0 Å². The summed E-state index contributed by atoms with van der Waals surface area (Å²) in [5.41, 5.74) is 0. The van der Waals surface area contributed by atoms with Crippen molar-refractivity contribution in [2.24, 2.45) is 4.99 Å². The van der Waals surface area contributed by atoms with Gasteiger partial charge in [0.1, 0.15) is 0 Å². The van der Waals surface area contributed by atoms with E-state index < -0.39 is 0 Å². The van der Waals surface area contributed by atoms with Crippen molar-refractivity contribution in [1.29, 1.82) is 0 Å². The summed E-state index contributed by atoms with van der Waals surface area (Å²) in [6, 6.07) is 10.8. The lowest BCUT2D eigenvalue weighted by molar-refractivity contribution is 0.0263. The molecule has 1 aliphatic heterocycles. The number of nitrogens with one attached hydrogen (secondary N) is 1. The molecule has 3 rings (SSSR count). The Kier molecular flexibility index (Phi) is 7.26. The van der Waals surface area contributed by atoms with Crippen molar-refractivity contribution < 1.29 is 4.74 Å². The van der Waals surface area contributed by atoms with Gasteiger partial charge in [0.2, 0.25) is 0 Å². The maximum Gasteiger partial charge on any atom is 0.193 e. The normalized spacial score (nSPS) is 21.2. The van der Waals surface area contributed by atoms with Crippen LogP contribution in [-0.4, -0.2) is 55.0 Å². The lowest BCUT2D eigenvalue weighted by Gasteiger charge is -2.36. The van der Waals surface area contributed by atoms with Gasteiger partial charge in [-0.1, -0.05) is 31.0 Å². The largest absolute Gasteiger partial charge is 0.378 e. The van der Waals surface area contributed by atoms with Crippen LogP contribution < -0.4 is 5.32 Å². The van der Waals surface area contributed by atoms with Gasteiger partial charge in [-0.15, -0.1) is 11.8 Å². The van der Waals surface area contributed by atoms with Crippen molar-refractivity contribution in [3.63, 3.8) is 0 Å². The summed E-state index contributed by atoms with van der Waals surface area (Å²) in [5, 5.41) is 3.70. The van der Waals surface area contributed by atoms with Crippen LogP contribution in [-0.2, 0) is 4.74 Å². The van der Waals surface area contributed by atoms with E-state index in [1.165, 1.54) is 30.6 Å². The number of benzene rings is 1. The molecule has 0 atom stereocenters. The van der Waals surface area contributed by atoms with E-state index in [0.717, 1.165) is 45.0 Å². The fourth-order valence-corrected chi connectivity index (χ4v) is 5.55. The van der Waals surface area contributed by atoms with E-state index in [-0.39, 0.29) is 0 Å². The Morgan fingerprint density at radius 1 is 1.23 bits per heavy atom. The second-order valence-corrected chi connectivity index (χ2v) is 8.89. The minimum atomic E-state index is 0.293. The molecule has 2 fully saturated rings. The van der Waals surface area contributed by atoms with Gasteiger partial charge in [0.25, 0.3) is 0 Å². The molecule has 1 heterocycles. The van der Waals surface area contributed by atoms with Gasteiger partial charge in [-0.05, 0) is 44.7 Å². The van der Waals surface area contributed by atoms with Gasteiger partial charge in [-0.25, -0.2) is 0 Å². The Morgan fingerprint density at radius 2 is 1.92 bits per heavy atom. The van der Waals surface area contributed by atoms with E-state index in [1.54, 1.807) is 0 Å². The molecule has 1 aromatic carbocycles. The third-order valence-electron chi connectivity index (χ3n) is 5.52. The van der Waals surface area contributed by atoms with Crippen LogP contribution in [0.3, 0.4) is 0 Å². The van der Waals surface area contributed by atoms with Crippen molar-refractivity contribution in [2.45, 2.75) is 61.2 Å². The van der Waals surface area contributed by atoms with Crippen molar-refractivity contribution in [3.8, 4) is 0 Å². The molecule has 0 aromatic heterocycles. The lowest BCUT2D eigenvalue weighted by Crippen LogP contribution is -2.50. The van der Waals surface area contributed by atoms with Crippen LogP contribution >= 0.6 is 11.8 Å². The molecule has 0 spiro atoms. The fraction of sp³-hybridized carbons (Fsp3) is 0.667. The summed E-state index contributed by atoms with van der Waals surface area (Å²) >= 11 is 2.05. The number of hydrogen-bond donors (Lipinski definition) is 1. The summed E-state index contributed by atoms with van der Waals surface area (Å²) in [4.78, 5) is 8.34. The van der Waals surface area contributed by atoms with Crippen LogP contribution in [0.5, 0.6) is 0 Å². The second kappa shape index (κ2) is 9.65. The highest BCUT2D eigenvalue weighted by molar-refractivity contribution is 8.00. The Hall–Kier alpha value is -1.20. The number of thioether (sulfide) groups is 1. The fourth-order valence-electron chi connectivity index (χ4n) is 4.12. The first-order valence-corrected chi connectivity index (χ1v) is 10.9. The molecule has 0 bridgehead atoms. The highest BCUT2D eigenvalue weighted by atomic mass is 32.2. The number of aliphatic imine (C=N–C) groups is 1. The molecular weight excluding hydrogens is 342 g/mol. The zero-order chi connectivity index (χ0) is 18.2. The van der Waals surface area contributed by atoms with Crippen LogP contribution in [0, 0.1) is 0 Å². The van der Waals surface area contributed by atoms with Crippen molar-refractivity contribution in [1.82, 2.24) is 10.2 Å². The van der Waals surface area contributed by atoms with Gasteiger partial charge in [-0.2, -0.15) is 0 Å². The molecular formula is C21H33N3OS. The van der Waals surface area contributed by atoms with E-state index in [1.807, 2.05) is 18.8 Å². The zero-order valence-corrected chi connectivity index (χ0v) is 17.1. The average molecular weight is 376 g/mol. The molecule has 0 unspecified atom stereocenters. The summed E-state index contributed by atoms with van der Waals surface area (Å²) in [6.07, 6.45) is 7.84. The van der Waals surface area contributed by atoms with Crippen molar-refractivity contribution in [3.05, 3.63) is 30.3 Å². The van der Waals surface area contributed by atoms with Gasteiger partial charge in [0, 0.05) is 42.9 Å². The van der Waals surface area contributed by atoms with Gasteiger partial charge >= 0.3 is 0 Å². The molecule has 1 aromatic rings. The Balaban J connectivity index is 1.56. The number of guanidine groups is 1. The summed E-state index contributed by atoms with van der Waals surface area (Å²) in [5.74, 6) is 1.06. The smallest absolute Gasteiger partial charge is 0.193 e. The summed E-state index contributed by atoms with van der Waals surface area (Å²) < 4.78 is 6.07. The third kappa shape index (κ3) is 5.17. The Labute approximate surface area is 162 Å². The first kappa shape index (κ1) is 19.6. The number of hydrogen-bond acceptors (Lipinski definition) is 3. The standard InChI is InChI=1S/C21H33N3OS/c1-3-25-18-11-15-24(16-12-18)20(22-2)23-17-21(13-7-8-14-21)26-19-9-5-4-6-10-19/h4-6,9-10,18H,3,7-8,11-17H2,1-2H3,(H,22,23). The number of piperidine rings is 1. The monoisotopic (exact) mass is 375 g/mol. The predicted molar refractivity (Wildman–Crippen MR) is 111 cm³/mol. The molecule has 5 heteroatoms. The second-order valence-electron chi connectivity index (χ2n) is 7.35. The number of nitrogens with zero attached hydrogens (tertiary/aromatic N) is 2. The van der Waals surface area contributed by atoms with Crippen LogP contribution in [0.25, 0.3) is 0 Å². The molecule has 1 saturated heterocycles. The van der Waals surface area contributed by atoms with Crippen molar-refractivity contribution >= 4 is 17.7 Å². The van der Waals surface area contributed by atoms with Gasteiger partial charge in [0.05, 0.1) is 6.10 Å². The van der Waals surface area contributed by atoms with Crippen LogP contribution in [0.2, 0.25) is 0 Å². The molecule has 0 radical (unpaired) electrons. The highest BCUT2D eigenvalue weighted by Crippen LogP contribution is 2.44. The summed E-state index contributed by atoms with van der Waals surface area (Å²) in [6.45, 7) is 5.95. The third-order valence-corrected chi connectivity index (χ3v) is 7.01. The van der Waals surface area contributed by atoms with E-state index in [0.29, 0.717) is 10.9 Å². The van der Waals surface area contributed by atoms with Gasteiger partial charge in [0.15, 0.2) is 5.96 Å². The Bertz CT molecular complexity index is 564. The predicted octanol–water partition coefficient (Wildman–Crippen LogP) is 4.17. The zero-order valence-electron chi connectivity index (χ0n) is 16.2. The minimum Gasteiger partial charge on any atom is -0.378 e. The van der Waals surface area contributed by atoms with E-state index in [9.17, 15) is 0 Å². The minimum absolute atomic E-state index is 0.293. The number of ether oxygens (including phenoxy) is 1. The molecule has 1 N–H and O–H groups in total. The molecule has 144 valence electrons. The summed E-state index contributed by atoms with van der Waals surface area (Å²) in [7, 11) is 1.91. The maximum absolute atomic E-state index is 5.78. The Morgan fingerprint density at radius 3 is 2.54 bits per heavy atom. The average Bonchev–Trinajstić information content (AvgIpc) is 3.13. The van der Waals surface area contributed by atoms with Gasteiger partial charge in [-0.3, -0.25) is 4.99 Å². The van der Waals surface area contributed by atoms with Gasteiger partial charge < -0.3 is 15.0 Å². The van der Waals surface area contributed by atoms with Crippen molar-refractivity contribution in [2.75, 3.05) is 33.3 Å². The van der Waals surface area contributed by atoms with Crippen LogP contribution in [0.1, 0.15) is 45.4 Å². The first-order valence-electron chi connectivity index (χ1n) is 10.1. The van der Waals surface area contributed by atoms with E-state index in [4.69, 9.17) is 4.74 Å². The molecule has 26 heavy (non-hydrogen) atoms. The molecule has 4 nitrogen and oxygen atoms in total. The highest BCUT2D eigenvalue weighted by Gasteiger charge is 2.35. The molecule has 1 aliphatic carbocycles. The van der Waals surface area contributed by atoms with Crippen LogP contribution in [0.15, 0.2) is 40.2 Å². The molecule has 1 saturated carbocycles. The number of likely N-dealkylation sites (tertiary alicyclic amines) is 1. The van der Waals surface area contributed by atoms with Crippen LogP contribution in [0.4, 0.5) is 0 Å². The topological polar surface area (TPSA) is 36.9 Å². The maximum atomic E-state index is 5.78. The SMILES string of the molecule is CCOC1CCN(C(=NC)NCC2(Sc3ccccc3)CCCC2)CC1. The lowest BCUT2D eigenvalue weighted by atomic mass is 10.1. The number of rotatable bonds is 6. The first-order chi connectivity index (χ1) is 12.7. The molecule has 2 aliphatic rings. The molecule has 0 amide bonds.